The summed E-state index contributed by atoms with van der Waals surface area (Å²) in [4.78, 5) is 22.0. The number of fused-ring (bicyclic) bond motifs is 1. The van der Waals surface area contributed by atoms with Crippen LogP contribution in [0.2, 0.25) is 5.02 Å². The predicted octanol–water partition coefficient (Wildman–Crippen LogP) is 3.44. The van der Waals surface area contributed by atoms with Crippen molar-refractivity contribution in [3.05, 3.63) is 71.1 Å². The van der Waals surface area contributed by atoms with Gasteiger partial charge in [0.1, 0.15) is 5.65 Å². The molecule has 0 bridgehead atoms. The molecule has 2 unspecified atom stereocenters. The van der Waals surface area contributed by atoms with Crippen LogP contribution in [0.5, 0.6) is 0 Å². The molecule has 6 heteroatoms. The second-order valence-corrected chi connectivity index (χ2v) is 8.18. The third-order valence-electron chi connectivity index (χ3n) is 5.90. The van der Waals surface area contributed by atoms with Gasteiger partial charge >= 0.3 is 0 Å². The Balaban J connectivity index is 1.16. The number of halogens is 1. The first kappa shape index (κ1) is 17.7. The van der Waals surface area contributed by atoms with Gasteiger partial charge in [-0.15, -0.1) is 0 Å². The molecule has 0 radical (unpaired) electrons. The molecule has 0 N–H and O–H groups in total. The van der Waals surface area contributed by atoms with Gasteiger partial charge in [0.2, 0.25) is 5.91 Å². The molecular weight excluding hydrogens is 372 g/mol. The second kappa shape index (κ2) is 7.22. The van der Waals surface area contributed by atoms with Gasteiger partial charge in [0, 0.05) is 56.1 Å². The lowest BCUT2D eigenvalue weighted by Crippen LogP contribution is -2.48. The van der Waals surface area contributed by atoms with Crippen LogP contribution in [0, 0.1) is 5.92 Å². The molecule has 28 heavy (non-hydrogen) atoms. The van der Waals surface area contributed by atoms with E-state index >= 15 is 0 Å². The summed E-state index contributed by atoms with van der Waals surface area (Å²) in [7, 11) is 0. The molecule has 144 valence electrons. The molecule has 1 aliphatic heterocycles. The summed E-state index contributed by atoms with van der Waals surface area (Å²) in [6.07, 6.45) is 5.03. The average molecular weight is 395 g/mol. The highest BCUT2D eigenvalue weighted by molar-refractivity contribution is 6.31. The Morgan fingerprint density at radius 2 is 1.86 bits per heavy atom. The van der Waals surface area contributed by atoms with E-state index in [1.54, 1.807) is 0 Å². The van der Waals surface area contributed by atoms with E-state index in [0.29, 0.717) is 0 Å². The van der Waals surface area contributed by atoms with Crippen LogP contribution in [0.25, 0.3) is 5.65 Å². The predicted molar refractivity (Wildman–Crippen MR) is 109 cm³/mol. The number of carbonyl (C=O) groups is 1. The summed E-state index contributed by atoms with van der Waals surface area (Å²) >= 11 is 6.30. The van der Waals surface area contributed by atoms with Crippen LogP contribution < -0.4 is 0 Å². The quantitative estimate of drug-likeness (QED) is 0.680. The maximum atomic E-state index is 12.9. The summed E-state index contributed by atoms with van der Waals surface area (Å²) in [5, 5.41) is 0.778. The van der Waals surface area contributed by atoms with E-state index in [2.05, 4.69) is 20.5 Å². The van der Waals surface area contributed by atoms with E-state index in [1.165, 1.54) is 0 Å². The minimum absolute atomic E-state index is 0.102. The lowest BCUT2D eigenvalue weighted by Gasteiger charge is -2.34. The Labute approximate surface area is 169 Å². The monoisotopic (exact) mass is 394 g/mol. The topological polar surface area (TPSA) is 40.9 Å². The molecule has 2 atom stereocenters. The molecule has 5 nitrogen and oxygen atoms in total. The minimum Gasteiger partial charge on any atom is -0.340 e. The number of imidazole rings is 1. The molecule has 2 fully saturated rings. The molecule has 1 aromatic carbocycles. The van der Waals surface area contributed by atoms with E-state index in [-0.39, 0.29) is 17.7 Å². The molecule has 5 rings (SSSR count). The maximum absolute atomic E-state index is 12.9. The lowest BCUT2D eigenvalue weighted by atomic mass is 10.1. The molecule has 1 saturated carbocycles. The number of hydrogen-bond donors (Lipinski definition) is 0. The normalized spacial score (nSPS) is 22.5. The number of aromatic nitrogens is 2. The fourth-order valence-electron chi connectivity index (χ4n) is 4.24. The zero-order chi connectivity index (χ0) is 19.1. The van der Waals surface area contributed by atoms with E-state index < -0.39 is 0 Å². The highest BCUT2D eigenvalue weighted by Gasteiger charge is 2.46. The van der Waals surface area contributed by atoms with Gasteiger partial charge in [-0.3, -0.25) is 9.69 Å². The Morgan fingerprint density at radius 1 is 1.07 bits per heavy atom. The van der Waals surface area contributed by atoms with E-state index in [0.717, 1.165) is 61.1 Å². The average Bonchev–Trinajstić information content (AvgIpc) is 3.40. The van der Waals surface area contributed by atoms with Gasteiger partial charge in [-0.2, -0.15) is 0 Å². The van der Waals surface area contributed by atoms with Crippen LogP contribution in [-0.2, 0) is 11.3 Å². The zero-order valence-corrected chi connectivity index (χ0v) is 16.4. The Kier molecular flexibility index (Phi) is 4.57. The van der Waals surface area contributed by atoms with Crippen molar-refractivity contribution in [3.8, 4) is 0 Å². The van der Waals surface area contributed by atoms with Crippen molar-refractivity contribution in [2.75, 3.05) is 26.2 Å². The first-order chi connectivity index (χ1) is 13.7. The fourth-order valence-corrected chi connectivity index (χ4v) is 4.52. The Hall–Kier alpha value is -2.37. The molecule has 0 spiro atoms. The van der Waals surface area contributed by atoms with Gasteiger partial charge in [-0.05, 0) is 36.1 Å². The smallest absolute Gasteiger partial charge is 0.226 e. The molecule has 2 aromatic heterocycles. The highest BCUT2D eigenvalue weighted by atomic mass is 35.5. The Morgan fingerprint density at radius 3 is 2.64 bits per heavy atom. The van der Waals surface area contributed by atoms with Crippen molar-refractivity contribution in [2.24, 2.45) is 5.92 Å². The number of amides is 1. The largest absolute Gasteiger partial charge is 0.340 e. The SMILES string of the molecule is O=C(C1CC1c1ccccc1Cl)N1CCN(Cc2cn3ccccc3n2)CC1. The number of rotatable bonds is 4. The van der Waals surface area contributed by atoms with Gasteiger partial charge < -0.3 is 9.30 Å². The summed E-state index contributed by atoms with van der Waals surface area (Å²) in [5.41, 5.74) is 3.17. The van der Waals surface area contributed by atoms with Gasteiger partial charge in [-0.1, -0.05) is 35.9 Å². The minimum atomic E-state index is 0.102. The van der Waals surface area contributed by atoms with Crippen molar-refractivity contribution < 1.29 is 4.79 Å². The van der Waals surface area contributed by atoms with Crippen LogP contribution in [0.1, 0.15) is 23.6 Å². The van der Waals surface area contributed by atoms with Crippen LogP contribution in [0.4, 0.5) is 0 Å². The van der Waals surface area contributed by atoms with E-state index in [9.17, 15) is 4.79 Å². The number of nitrogens with zero attached hydrogens (tertiary/aromatic N) is 4. The number of piperazine rings is 1. The summed E-state index contributed by atoms with van der Waals surface area (Å²) in [5.74, 6) is 0.680. The molecular formula is C22H23ClN4O. The number of benzene rings is 1. The number of carbonyl (C=O) groups excluding carboxylic acids is 1. The van der Waals surface area contributed by atoms with Gasteiger partial charge in [0.25, 0.3) is 0 Å². The van der Waals surface area contributed by atoms with Gasteiger partial charge in [-0.25, -0.2) is 4.98 Å². The van der Waals surface area contributed by atoms with E-state index in [1.807, 2.05) is 53.6 Å². The van der Waals surface area contributed by atoms with Crippen molar-refractivity contribution in [1.82, 2.24) is 19.2 Å². The second-order valence-electron chi connectivity index (χ2n) is 7.77. The number of hydrogen-bond acceptors (Lipinski definition) is 3. The third kappa shape index (κ3) is 3.40. The van der Waals surface area contributed by atoms with Crippen LogP contribution >= 0.6 is 11.6 Å². The van der Waals surface area contributed by atoms with Crippen molar-refractivity contribution >= 4 is 23.2 Å². The van der Waals surface area contributed by atoms with Crippen molar-refractivity contribution in [2.45, 2.75) is 18.9 Å². The van der Waals surface area contributed by atoms with Crippen molar-refractivity contribution in [3.63, 3.8) is 0 Å². The zero-order valence-electron chi connectivity index (χ0n) is 15.7. The summed E-state index contributed by atoms with van der Waals surface area (Å²) in [6, 6.07) is 13.9. The highest BCUT2D eigenvalue weighted by Crippen LogP contribution is 2.50. The van der Waals surface area contributed by atoms with Crippen LogP contribution in [0.15, 0.2) is 54.9 Å². The molecule has 1 amide bonds. The first-order valence-corrected chi connectivity index (χ1v) is 10.2. The molecule has 1 saturated heterocycles. The summed E-state index contributed by atoms with van der Waals surface area (Å²) < 4.78 is 2.05. The Bertz CT molecular complexity index is 975. The van der Waals surface area contributed by atoms with Gasteiger partial charge in [0.05, 0.1) is 5.69 Å². The first-order valence-electron chi connectivity index (χ1n) is 9.87. The fraction of sp³-hybridized carbons (Fsp3) is 0.364. The number of pyridine rings is 1. The standard InChI is InChI=1S/C22H23ClN4O/c23-20-6-2-1-5-17(20)18-13-19(18)22(28)26-11-9-25(10-12-26)14-16-15-27-8-4-3-7-21(27)24-16/h1-8,15,18-19H,9-14H2. The maximum Gasteiger partial charge on any atom is 0.226 e. The molecule has 3 aromatic rings. The molecule has 3 heterocycles. The molecule has 1 aliphatic carbocycles. The van der Waals surface area contributed by atoms with E-state index in [4.69, 9.17) is 11.6 Å². The summed E-state index contributed by atoms with van der Waals surface area (Å²) in [6.45, 7) is 4.19. The van der Waals surface area contributed by atoms with Crippen LogP contribution in [-0.4, -0.2) is 51.3 Å². The van der Waals surface area contributed by atoms with Gasteiger partial charge in [0.15, 0.2) is 0 Å². The molecule has 2 aliphatic rings. The van der Waals surface area contributed by atoms with Crippen molar-refractivity contribution in [1.29, 1.82) is 0 Å². The van der Waals surface area contributed by atoms with Crippen LogP contribution in [0.3, 0.4) is 0 Å². The third-order valence-corrected chi connectivity index (χ3v) is 6.24. The lowest BCUT2D eigenvalue weighted by molar-refractivity contribution is -0.134.